The first-order chi connectivity index (χ1) is 7.50. The van der Waals surface area contributed by atoms with E-state index >= 15 is 0 Å². The van der Waals surface area contributed by atoms with Crippen LogP contribution in [0.5, 0.6) is 0 Å². The highest BCUT2D eigenvalue weighted by atomic mass is 15.2. The van der Waals surface area contributed by atoms with Crippen molar-refractivity contribution in [3.8, 4) is 0 Å². The third-order valence-electron chi connectivity index (χ3n) is 2.33. The van der Waals surface area contributed by atoms with Crippen LogP contribution >= 0.6 is 0 Å². The Bertz CT molecular complexity index is 361. The number of hydrogen-bond donors (Lipinski definition) is 2. The number of nitrogen functional groups attached to an aromatic ring is 1. The maximum atomic E-state index is 7.37. The topological polar surface area (TPSA) is 69.2 Å². The van der Waals surface area contributed by atoms with Crippen LogP contribution in [0, 0.1) is 5.41 Å². The third kappa shape index (κ3) is 3.51. The minimum absolute atomic E-state index is 0.0738. The van der Waals surface area contributed by atoms with Gasteiger partial charge in [-0.05, 0) is 26.2 Å². The minimum Gasteiger partial charge on any atom is -0.384 e. The Labute approximate surface area is 96.4 Å². The van der Waals surface area contributed by atoms with E-state index in [-0.39, 0.29) is 5.84 Å². The summed E-state index contributed by atoms with van der Waals surface area (Å²) in [5.41, 5.74) is 6.14. The summed E-state index contributed by atoms with van der Waals surface area (Å²) in [6, 6.07) is 3.57. The number of rotatable bonds is 5. The average molecular weight is 221 g/mol. The van der Waals surface area contributed by atoms with Gasteiger partial charge >= 0.3 is 0 Å². The van der Waals surface area contributed by atoms with Gasteiger partial charge in [-0.2, -0.15) is 0 Å². The van der Waals surface area contributed by atoms with Crippen LogP contribution < -0.4 is 10.6 Å². The smallest absolute Gasteiger partial charge is 0.128 e. The van der Waals surface area contributed by atoms with Crippen molar-refractivity contribution in [2.75, 3.05) is 39.1 Å². The number of pyridine rings is 1. The fourth-order valence-corrected chi connectivity index (χ4v) is 1.26. The van der Waals surface area contributed by atoms with Crippen molar-refractivity contribution < 1.29 is 0 Å². The van der Waals surface area contributed by atoms with E-state index in [1.54, 1.807) is 12.3 Å². The van der Waals surface area contributed by atoms with Gasteiger partial charge in [-0.25, -0.2) is 4.98 Å². The van der Waals surface area contributed by atoms with Crippen LogP contribution in [-0.4, -0.2) is 50.0 Å². The van der Waals surface area contributed by atoms with E-state index in [2.05, 4.69) is 9.88 Å². The van der Waals surface area contributed by atoms with Gasteiger partial charge in [0.1, 0.15) is 11.7 Å². The third-order valence-corrected chi connectivity index (χ3v) is 2.33. The quantitative estimate of drug-likeness (QED) is 0.556. The van der Waals surface area contributed by atoms with Crippen molar-refractivity contribution in [1.29, 1.82) is 5.41 Å². The van der Waals surface area contributed by atoms with E-state index in [0.717, 1.165) is 18.9 Å². The Morgan fingerprint density at radius 1 is 1.38 bits per heavy atom. The van der Waals surface area contributed by atoms with Crippen molar-refractivity contribution in [2.45, 2.75) is 0 Å². The number of aromatic nitrogens is 1. The molecule has 0 aromatic carbocycles. The van der Waals surface area contributed by atoms with Crippen LogP contribution in [0.2, 0.25) is 0 Å². The molecule has 3 N–H and O–H groups in total. The lowest BCUT2D eigenvalue weighted by Gasteiger charge is -2.20. The number of amidine groups is 1. The van der Waals surface area contributed by atoms with E-state index in [9.17, 15) is 0 Å². The molecule has 0 fully saturated rings. The number of anilines is 1. The van der Waals surface area contributed by atoms with Gasteiger partial charge in [0.15, 0.2) is 0 Å². The second-order valence-electron chi connectivity index (χ2n) is 4.04. The van der Waals surface area contributed by atoms with Gasteiger partial charge in [0.05, 0.1) is 0 Å². The molecule has 0 aliphatic heterocycles. The largest absolute Gasteiger partial charge is 0.384 e. The SMILES string of the molecule is CN(C)CCN(C)c1cc(C(=N)N)ccn1. The first-order valence-corrected chi connectivity index (χ1v) is 5.17. The summed E-state index contributed by atoms with van der Waals surface area (Å²) in [5.74, 6) is 0.916. The molecule has 1 aromatic rings. The van der Waals surface area contributed by atoms with Crippen LogP contribution in [0.4, 0.5) is 5.82 Å². The van der Waals surface area contributed by atoms with Crippen LogP contribution in [0.15, 0.2) is 18.3 Å². The lowest BCUT2D eigenvalue weighted by Crippen LogP contribution is -2.29. The zero-order valence-corrected chi connectivity index (χ0v) is 10.1. The molecule has 0 aliphatic rings. The fourth-order valence-electron chi connectivity index (χ4n) is 1.26. The van der Waals surface area contributed by atoms with E-state index in [1.807, 2.05) is 32.1 Å². The first kappa shape index (κ1) is 12.4. The van der Waals surface area contributed by atoms with Crippen molar-refractivity contribution in [3.63, 3.8) is 0 Å². The molecule has 0 aliphatic carbocycles. The lowest BCUT2D eigenvalue weighted by molar-refractivity contribution is 0.416. The Balaban J connectivity index is 2.71. The Morgan fingerprint density at radius 2 is 2.06 bits per heavy atom. The summed E-state index contributed by atoms with van der Waals surface area (Å²) < 4.78 is 0. The molecule has 1 aromatic heterocycles. The molecular formula is C11H19N5. The number of nitrogens with zero attached hydrogens (tertiary/aromatic N) is 3. The highest BCUT2D eigenvalue weighted by molar-refractivity contribution is 5.95. The highest BCUT2D eigenvalue weighted by Crippen LogP contribution is 2.10. The van der Waals surface area contributed by atoms with E-state index in [4.69, 9.17) is 11.1 Å². The minimum atomic E-state index is 0.0738. The zero-order chi connectivity index (χ0) is 12.1. The zero-order valence-electron chi connectivity index (χ0n) is 10.1. The van der Waals surface area contributed by atoms with Gasteiger partial charge in [-0.1, -0.05) is 0 Å². The first-order valence-electron chi connectivity index (χ1n) is 5.17. The van der Waals surface area contributed by atoms with Gasteiger partial charge in [-0.15, -0.1) is 0 Å². The predicted octanol–water partition coefficient (Wildman–Crippen LogP) is 0.363. The summed E-state index contributed by atoms with van der Waals surface area (Å²) >= 11 is 0. The maximum Gasteiger partial charge on any atom is 0.128 e. The van der Waals surface area contributed by atoms with E-state index < -0.39 is 0 Å². The summed E-state index contributed by atoms with van der Waals surface area (Å²) in [6.45, 7) is 1.85. The van der Waals surface area contributed by atoms with Crippen LogP contribution in [0.3, 0.4) is 0 Å². The lowest BCUT2D eigenvalue weighted by atomic mass is 10.2. The van der Waals surface area contributed by atoms with Crippen LogP contribution in [-0.2, 0) is 0 Å². The Hall–Kier alpha value is -1.62. The Morgan fingerprint density at radius 3 is 2.62 bits per heavy atom. The van der Waals surface area contributed by atoms with Crippen LogP contribution in [0.1, 0.15) is 5.56 Å². The van der Waals surface area contributed by atoms with Crippen molar-refractivity contribution in [1.82, 2.24) is 9.88 Å². The molecule has 5 heteroatoms. The second kappa shape index (κ2) is 5.46. The fraction of sp³-hybridized carbons (Fsp3) is 0.455. The molecule has 5 nitrogen and oxygen atoms in total. The van der Waals surface area contributed by atoms with Gasteiger partial charge in [0.2, 0.25) is 0 Å². The average Bonchev–Trinajstić information content (AvgIpc) is 2.26. The number of nitrogens with one attached hydrogen (secondary N) is 1. The molecule has 0 saturated carbocycles. The molecule has 0 spiro atoms. The number of likely N-dealkylation sites (N-methyl/N-ethyl adjacent to an activating group) is 2. The predicted molar refractivity (Wildman–Crippen MR) is 67.1 cm³/mol. The van der Waals surface area contributed by atoms with Gasteiger partial charge < -0.3 is 15.5 Å². The molecule has 0 bridgehead atoms. The molecule has 0 atom stereocenters. The summed E-state index contributed by atoms with van der Waals surface area (Å²) in [4.78, 5) is 8.42. The van der Waals surface area contributed by atoms with E-state index in [0.29, 0.717) is 5.56 Å². The molecule has 1 heterocycles. The van der Waals surface area contributed by atoms with Crippen molar-refractivity contribution >= 4 is 11.7 Å². The van der Waals surface area contributed by atoms with Crippen molar-refractivity contribution in [2.24, 2.45) is 5.73 Å². The van der Waals surface area contributed by atoms with Gasteiger partial charge in [0, 0.05) is 31.9 Å². The normalized spacial score (nSPS) is 10.5. The highest BCUT2D eigenvalue weighted by Gasteiger charge is 2.04. The van der Waals surface area contributed by atoms with Crippen molar-refractivity contribution in [3.05, 3.63) is 23.9 Å². The molecular weight excluding hydrogens is 202 g/mol. The number of hydrogen-bond acceptors (Lipinski definition) is 4. The summed E-state index contributed by atoms with van der Waals surface area (Å²) in [5, 5.41) is 7.37. The standard InChI is InChI=1S/C11H19N5/c1-15(2)6-7-16(3)10-8-9(11(12)13)4-5-14-10/h4-5,8H,6-7H2,1-3H3,(H3,12,13). The Kier molecular flexibility index (Phi) is 4.25. The molecule has 0 radical (unpaired) electrons. The monoisotopic (exact) mass is 221 g/mol. The second-order valence-corrected chi connectivity index (χ2v) is 4.04. The molecule has 0 amide bonds. The molecule has 88 valence electrons. The van der Waals surface area contributed by atoms with Crippen LogP contribution in [0.25, 0.3) is 0 Å². The number of nitrogens with two attached hydrogens (primary N) is 1. The summed E-state index contributed by atoms with van der Waals surface area (Å²) in [6.07, 6.45) is 1.68. The molecule has 0 unspecified atom stereocenters. The molecule has 16 heavy (non-hydrogen) atoms. The summed E-state index contributed by atoms with van der Waals surface area (Å²) in [7, 11) is 6.05. The maximum absolute atomic E-state index is 7.37. The van der Waals surface area contributed by atoms with Gasteiger partial charge in [0.25, 0.3) is 0 Å². The molecule has 1 rings (SSSR count). The van der Waals surface area contributed by atoms with Gasteiger partial charge in [-0.3, -0.25) is 5.41 Å². The van der Waals surface area contributed by atoms with E-state index in [1.165, 1.54) is 0 Å². The molecule has 0 saturated heterocycles.